The fourth-order valence-corrected chi connectivity index (χ4v) is 5.88. The van der Waals surface area contributed by atoms with E-state index in [0.29, 0.717) is 39.6 Å². The Morgan fingerprint density at radius 2 is 1.74 bits per heavy atom. The quantitative estimate of drug-likeness (QED) is 0.125. The fourth-order valence-electron chi connectivity index (χ4n) is 4.50. The van der Waals surface area contributed by atoms with Crippen molar-refractivity contribution in [3.05, 3.63) is 103 Å². The number of halogens is 5. The highest BCUT2D eigenvalue weighted by Crippen LogP contribution is 2.51. The molecule has 38 heavy (non-hydrogen) atoms. The Bertz CT molecular complexity index is 1270. The van der Waals surface area contributed by atoms with Crippen molar-refractivity contribution in [1.29, 1.82) is 0 Å². The molecule has 4 rings (SSSR count). The van der Waals surface area contributed by atoms with Gasteiger partial charge >= 0.3 is 0 Å². The van der Waals surface area contributed by atoms with E-state index >= 15 is 4.39 Å². The summed E-state index contributed by atoms with van der Waals surface area (Å²) >= 11 is 17.7. The zero-order valence-corrected chi connectivity index (χ0v) is 26.5. The molecule has 0 fully saturated rings. The van der Waals surface area contributed by atoms with Crippen molar-refractivity contribution in [1.82, 2.24) is 4.90 Å². The van der Waals surface area contributed by atoms with Crippen molar-refractivity contribution in [2.24, 2.45) is 0 Å². The maximum absolute atomic E-state index is 15.4. The molecule has 0 aliphatic carbocycles. The molecular formula is C27H24BrCl2FINO4S. The molecule has 2 unspecified atom stereocenters. The van der Waals surface area contributed by atoms with Crippen LogP contribution in [0.3, 0.4) is 0 Å². The topological polar surface area (TPSA) is 55.8 Å². The van der Waals surface area contributed by atoms with Crippen molar-refractivity contribution >= 4 is 81.6 Å². The van der Waals surface area contributed by atoms with Gasteiger partial charge in [-0.25, -0.2) is 4.39 Å². The maximum atomic E-state index is 15.4. The van der Waals surface area contributed by atoms with Crippen molar-refractivity contribution in [2.45, 2.75) is 25.1 Å². The van der Waals surface area contributed by atoms with Gasteiger partial charge in [-0.3, -0.25) is 14.5 Å². The molecule has 1 heterocycles. The maximum Gasteiger partial charge on any atom is 0.293 e. The third-order valence-electron chi connectivity index (χ3n) is 6.01. The van der Waals surface area contributed by atoms with Gasteiger partial charge in [0.2, 0.25) is 0 Å². The van der Waals surface area contributed by atoms with Gasteiger partial charge in [0.05, 0.1) is 17.2 Å². The number of nitrogens with zero attached hydrogens (tertiary/aromatic N) is 1. The second kappa shape index (κ2) is 14.3. The lowest BCUT2D eigenvalue weighted by molar-refractivity contribution is -0.128. The first kappa shape index (κ1) is 31.2. The molecule has 0 radical (unpaired) electrons. The molecule has 0 saturated carbocycles. The average molecular weight is 755 g/mol. The normalized spacial score (nSPS) is 16.9. The smallest absolute Gasteiger partial charge is 0.293 e. The Morgan fingerprint density at radius 3 is 2.26 bits per heavy atom. The number of rotatable bonds is 9. The van der Waals surface area contributed by atoms with Crippen LogP contribution in [0.1, 0.15) is 46.4 Å². The van der Waals surface area contributed by atoms with Crippen LogP contribution in [-0.4, -0.2) is 36.7 Å². The molecule has 11 heteroatoms. The second-order valence-electron chi connectivity index (χ2n) is 8.10. The Hall–Kier alpha value is -1.37. The van der Waals surface area contributed by atoms with Gasteiger partial charge in [0.25, 0.3) is 12.4 Å². The lowest BCUT2D eigenvalue weighted by Crippen LogP contribution is -2.48. The number of hydrogen-bond donors (Lipinski definition) is 0. The highest BCUT2D eigenvalue weighted by molar-refractivity contribution is 14.2. The predicted molar refractivity (Wildman–Crippen MR) is 162 cm³/mol. The van der Waals surface area contributed by atoms with Crippen molar-refractivity contribution < 1.29 is 23.5 Å². The molecule has 0 saturated heterocycles. The minimum absolute atomic E-state index is 0.193. The van der Waals surface area contributed by atoms with Gasteiger partial charge in [0.15, 0.2) is 5.72 Å². The summed E-state index contributed by atoms with van der Waals surface area (Å²) in [5.74, 6) is 0.0380. The number of hydrogen-bond acceptors (Lipinski definition) is 5. The van der Waals surface area contributed by atoms with E-state index in [4.69, 9.17) is 27.9 Å². The zero-order valence-electron chi connectivity index (χ0n) is 20.4. The van der Waals surface area contributed by atoms with E-state index in [9.17, 15) is 9.59 Å². The van der Waals surface area contributed by atoms with Gasteiger partial charge in [-0.15, -0.1) is 0 Å². The van der Waals surface area contributed by atoms with Crippen LogP contribution < -0.4 is 0 Å². The number of carbonyl (C=O) groups is 2. The summed E-state index contributed by atoms with van der Waals surface area (Å²) in [6.07, 6.45) is 0.586. The summed E-state index contributed by atoms with van der Waals surface area (Å²) < 4.78 is 26.4. The van der Waals surface area contributed by atoms with Crippen LogP contribution in [-0.2, 0) is 20.0 Å². The molecule has 2 atom stereocenters. The monoisotopic (exact) mass is 753 g/mol. The summed E-state index contributed by atoms with van der Waals surface area (Å²) in [6, 6.07) is 16.9. The standard InChI is InChI=1S/C24H19BrCl2FNO2.C3H5IO2S/c1-3-21(14-4-8-17(26)9-5-14)29-23(30)19-12-16(25)13-20(28)22(19)24(29,31-2)15-6-10-18(27)11-7-15;4-7-2-1-6-3-5/h4-13,21H,3H2,1-2H3;3H,1-2H2. The van der Waals surface area contributed by atoms with E-state index in [-0.39, 0.29) is 23.1 Å². The first-order valence-electron chi connectivity index (χ1n) is 11.4. The van der Waals surface area contributed by atoms with Crippen LogP contribution in [0.15, 0.2) is 65.1 Å². The number of methoxy groups -OCH3 is 1. The lowest BCUT2D eigenvalue weighted by atomic mass is 9.91. The number of amides is 1. The molecule has 3 aromatic rings. The first-order chi connectivity index (χ1) is 18.2. The van der Waals surface area contributed by atoms with Crippen molar-refractivity contribution in [3.8, 4) is 0 Å². The largest absolute Gasteiger partial charge is 0.467 e. The summed E-state index contributed by atoms with van der Waals surface area (Å²) in [5.41, 5.74) is 0.485. The van der Waals surface area contributed by atoms with E-state index in [1.54, 1.807) is 56.3 Å². The van der Waals surface area contributed by atoms with Gasteiger partial charge in [-0.2, -0.15) is 0 Å². The predicted octanol–water partition coefficient (Wildman–Crippen LogP) is 8.59. The Labute approximate surface area is 256 Å². The summed E-state index contributed by atoms with van der Waals surface area (Å²) in [5, 5.41) is 1.13. The summed E-state index contributed by atoms with van der Waals surface area (Å²) in [6.45, 7) is 2.97. The zero-order chi connectivity index (χ0) is 27.9. The number of fused-ring (bicyclic) bond motifs is 1. The van der Waals surface area contributed by atoms with Crippen LogP contribution >= 0.6 is 69.3 Å². The molecule has 1 aliphatic rings. The van der Waals surface area contributed by atoms with Crippen LogP contribution in [0.5, 0.6) is 0 Å². The summed E-state index contributed by atoms with van der Waals surface area (Å²) in [7, 11) is 3.11. The molecule has 1 aliphatic heterocycles. The third-order valence-corrected chi connectivity index (χ3v) is 8.62. The van der Waals surface area contributed by atoms with Crippen LogP contribution in [0.25, 0.3) is 0 Å². The molecule has 0 spiro atoms. The average Bonchev–Trinajstić information content (AvgIpc) is 3.15. The van der Waals surface area contributed by atoms with Gasteiger partial charge in [0.1, 0.15) is 12.4 Å². The minimum Gasteiger partial charge on any atom is -0.467 e. The first-order valence-corrected chi connectivity index (χ1v) is 16.5. The van der Waals surface area contributed by atoms with E-state index in [1.165, 1.54) is 13.2 Å². The van der Waals surface area contributed by atoms with Crippen LogP contribution in [0.2, 0.25) is 10.0 Å². The molecule has 1 amide bonds. The van der Waals surface area contributed by atoms with Gasteiger partial charge in [-0.1, -0.05) is 79.3 Å². The Kier molecular flexibility index (Phi) is 11.7. The highest BCUT2D eigenvalue weighted by Gasteiger charge is 2.56. The Morgan fingerprint density at radius 1 is 1.13 bits per heavy atom. The molecule has 5 nitrogen and oxygen atoms in total. The number of ether oxygens (including phenoxy) is 2. The molecule has 0 aromatic heterocycles. The van der Waals surface area contributed by atoms with E-state index in [2.05, 4.69) is 41.9 Å². The van der Waals surface area contributed by atoms with E-state index < -0.39 is 11.5 Å². The van der Waals surface area contributed by atoms with Gasteiger partial charge < -0.3 is 9.47 Å². The summed E-state index contributed by atoms with van der Waals surface area (Å²) in [4.78, 5) is 24.8. The third kappa shape index (κ3) is 6.50. The van der Waals surface area contributed by atoms with Gasteiger partial charge in [0, 0.05) is 32.9 Å². The van der Waals surface area contributed by atoms with Crippen molar-refractivity contribution in [2.75, 3.05) is 19.5 Å². The van der Waals surface area contributed by atoms with Gasteiger partial charge in [-0.05, 0) is 69.6 Å². The van der Waals surface area contributed by atoms with E-state index in [1.807, 2.05) is 19.1 Å². The SMILES string of the molecule is CCC(c1ccc(Cl)cc1)N1C(=O)c2cc(Br)cc(F)c2C1(OC)c1ccc(Cl)cc1.O=COCCSI. The molecule has 3 aromatic carbocycles. The van der Waals surface area contributed by atoms with E-state index in [0.717, 1.165) is 11.3 Å². The second-order valence-corrected chi connectivity index (χ2v) is 12.4. The molecule has 0 bridgehead atoms. The van der Waals surface area contributed by atoms with Crippen molar-refractivity contribution in [3.63, 3.8) is 0 Å². The van der Waals surface area contributed by atoms with Crippen LogP contribution in [0, 0.1) is 5.82 Å². The lowest BCUT2D eigenvalue weighted by Gasteiger charge is -2.43. The minimum atomic E-state index is -1.46. The molecular weight excluding hydrogens is 731 g/mol. The Balaban J connectivity index is 0.000000505. The number of benzene rings is 3. The molecule has 202 valence electrons. The fraction of sp³-hybridized carbons (Fsp3) is 0.259. The molecule has 0 N–H and O–H groups in total. The highest BCUT2D eigenvalue weighted by atomic mass is 127. The van der Waals surface area contributed by atoms with Crippen LogP contribution in [0.4, 0.5) is 4.39 Å². The number of carbonyl (C=O) groups excluding carboxylic acids is 2.